The van der Waals surface area contributed by atoms with E-state index >= 15 is 0 Å². The van der Waals surface area contributed by atoms with Crippen LogP contribution in [0.15, 0.2) is 42.5 Å². The quantitative estimate of drug-likeness (QED) is 0.387. The van der Waals surface area contributed by atoms with Crippen LogP contribution < -0.4 is 24.8 Å². The Balaban J connectivity index is 1.28. The summed E-state index contributed by atoms with van der Waals surface area (Å²) in [5.41, 5.74) is 1.11. The average Bonchev–Trinajstić information content (AvgIpc) is 3.58. The number of fused-ring (bicyclic) bond motifs is 3. The van der Waals surface area contributed by atoms with Gasteiger partial charge in [0.1, 0.15) is 11.6 Å². The fourth-order valence-corrected chi connectivity index (χ4v) is 5.17. The van der Waals surface area contributed by atoms with Crippen LogP contribution in [0.25, 0.3) is 10.2 Å². The van der Waals surface area contributed by atoms with Gasteiger partial charge >= 0.3 is 6.18 Å². The zero-order valence-corrected chi connectivity index (χ0v) is 19.4. The van der Waals surface area contributed by atoms with Gasteiger partial charge in [-0.2, -0.15) is 18.3 Å². The van der Waals surface area contributed by atoms with Crippen molar-refractivity contribution >= 4 is 38.4 Å². The molecular weight excluding hydrogens is 499 g/mol. The number of alkyl halides is 3. The molecule has 2 aromatic carbocycles. The van der Waals surface area contributed by atoms with Crippen LogP contribution in [0.4, 0.5) is 24.1 Å². The van der Waals surface area contributed by atoms with Crippen LogP contribution in [0.2, 0.25) is 0 Å². The minimum atomic E-state index is -4.57. The molecule has 0 spiro atoms. The van der Waals surface area contributed by atoms with Crippen molar-refractivity contribution in [1.29, 1.82) is 0 Å². The lowest BCUT2D eigenvalue weighted by Crippen LogP contribution is -2.35. The molecule has 0 saturated heterocycles. The highest BCUT2D eigenvalue weighted by atomic mass is 32.1. The highest BCUT2D eigenvalue weighted by Gasteiger charge is 2.47. The van der Waals surface area contributed by atoms with Gasteiger partial charge in [0.25, 0.3) is 5.91 Å². The third-order valence-electron chi connectivity index (χ3n) is 6.04. The first-order valence-corrected chi connectivity index (χ1v) is 11.7. The Labute approximate surface area is 205 Å². The summed E-state index contributed by atoms with van der Waals surface area (Å²) in [5, 5.41) is 10.0. The maximum atomic E-state index is 14.0. The number of thiazole rings is 1. The molecule has 2 atom stereocenters. The normalized spacial score (nSPS) is 18.6. The molecular formula is C23H18F3N5O4S. The van der Waals surface area contributed by atoms with Gasteiger partial charge in [0, 0.05) is 12.5 Å². The average molecular weight is 517 g/mol. The number of carbonyl (C=O) groups excluding carboxylic acids is 1. The highest BCUT2D eigenvalue weighted by Crippen LogP contribution is 2.45. The molecule has 13 heteroatoms. The number of methoxy groups -OCH3 is 1. The second kappa shape index (κ2) is 8.29. The van der Waals surface area contributed by atoms with E-state index < -0.39 is 24.2 Å². The van der Waals surface area contributed by atoms with E-state index in [9.17, 15) is 18.0 Å². The molecule has 0 aliphatic carbocycles. The molecule has 2 aliphatic rings. The number of hydrogen-bond donors (Lipinski definition) is 2. The maximum absolute atomic E-state index is 14.0. The Morgan fingerprint density at radius 2 is 2.03 bits per heavy atom. The summed E-state index contributed by atoms with van der Waals surface area (Å²) in [4.78, 5) is 17.2. The van der Waals surface area contributed by atoms with Crippen LogP contribution in [-0.2, 0) is 0 Å². The Morgan fingerprint density at radius 3 is 2.83 bits per heavy atom. The molecule has 2 aliphatic heterocycles. The van der Waals surface area contributed by atoms with Crippen LogP contribution in [0.3, 0.4) is 0 Å². The lowest BCUT2D eigenvalue weighted by atomic mass is 9.96. The predicted octanol–water partition coefficient (Wildman–Crippen LogP) is 5.14. The minimum Gasteiger partial charge on any atom is -0.497 e. The van der Waals surface area contributed by atoms with E-state index in [0.717, 1.165) is 9.38 Å². The lowest BCUT2D eigenvalue weighted by molar-refractivity contribution is -0.173. The summed E-state index contributed by atoms with van der Waals surface area (Å²) >= 11 is 1.22. The largest absolute Gasteiger partial charge is 0.497 e. The molecule has 4 heterocycles. The summed E-state index contributed by atoms with van der Waals surface area (Å²) in [6.07, 6.45) is -4.88. The van der Waals surface area contributed by atoms with Crippen molar-refractivity contribution in [1.82, 2.24) is 14.8 Å². The summed E-state index contributed by atoms with van der Waals surface area (Å²) < 4.78 is 59.5. The number of nitrogens with one attached hydrogen (secondary N) is 2. The number of amides is 1. The molecule has 0 fully saturated rings. The van der Waals surface area contributed by atoms with Gasteiger partial charge in [0.2, 0.25) is 6.79 Å². The molecule has 36 heavy (non-hydrogen) atoms. The van der Waals surface area contributed by atoms with Gasteiger partial charge in [-0.1, -0.05) is 17.4 Å². The topological polar surface area (TPSA) is 99.5 Å². The Hall–Kier alpha value is -4.00. The molecule has 4 aromatic rings. The van der Waals surface area contributed by atoms with E-state index in [2.05, 4.69) is 20.7 Å². The highest BCUT2D eigenvalue weighted by molar-refractivity contribution is 7.22. The number of anilines is 2. The zero-order valence-electron chi connectivity index (χ0n) is 18.6. The van der Waals surface area contributed by atoms with Gasteiger partial charge in [-0.15, -0.1) is 0 Å². The summed E-state index contributed by atoms with van der Waals surface area (Å²) in [5.74, 6) is 1.09. The molecule has 0 saturated carbocycles. The fourth-order valence-electron chi connectivity index (χ4n) is 4.28. The van der Waals surface area contributed by atoms with E-state index in [0.29, 0.717) is 33.5 Å². The lowest BCUT2D eigenvalue weighted by Gasteiger charge is -2.33. The third kappa shape index (κ3) is 3.94. The van der Waals surface area contributed by atoms with Gasteiger partial charge in [-0.25, -0.2) is 9.67 Å². The monoisotopic (exact) mass is 517 g/mol. The van der Waals surface area contributed by atoms with E-state index in [-0.39, 0.29) is 24.7 Å². The van der Waals surface area contributed by atoms with Crippen molar-refractivity contribution in [3.63, 3.8) is 0 Å². The number of nitrogens with zero attached hydrogens (tertiary/aromatic N) is 3. The molecule has 9 nitrogen and oxygen atoms in total. The Morgan fingerprint density at radius 1 is 1.19 bits per heavy atom. The number of aromatic nitrogens is 3. The van der Waals surface area contributed by atoms with Crippen LogP contribution in [0, 0.1) is 0 Å². The van der Waals surface area contributed by atoms with E-state index in [1.54, 1.807) is 43.5 Å². The molecule has 0 unspecified atom stereocenters. The van der Waals surface area contributed by atoms with Crippen molar-refractivity contribution < 1.29 is 32.2 Å². The van der Waals surface area contributed by atoms with E-state index in [4.69, 9.17) is 14.2 Å². The van der Waals surface area contributed by atoms with E-state index in [1.165, 1.54) is 17.4 Å². The Kier molecular flexibility index (Phi) is 5.18. The summed E-state index contributed by atoms with van der Waals surface area (Å²) in [7, 11) is 1.55. The molecule has 6 rings (SSSR count). The number of benzene rings is 2. The second-order valence-corrected chi connectivity index (χ2v) is 9.30. The standard InChI is InChI=1S/C23H18F3N5O4S/c1-33-12-3-4-13-18(7-12)36-22(28-13)29-21(32)15-9-20-27-14(8-19(23(24,25)26)31(20)30-15)11-2-5-16-17(6-11)35-10-34-16/h2-7,9,14,19,27H,8,10H2,1H3,(H,28,29,32)/t14-,19-/m0/s1. The van der Waals surface area contributed by atoms with Gasteiger partial charge in [0.05, 0.1) is 23.4 Å². The van der Waals surface area contributed by atoms with Gasteiger partial charge < -0.3 is 19.5 Å². The van der Waals surface area contributed by atoms with Crippen molar-refractivity contribution in [2.45, 2.75) is 24.7 Å². The minimum absolute atomic E-state index is 0.0650. The van der Waals surface area contributed by atoms with E-state index in [1.807, 2.05) is 0 Å². The smallest absolute Gasteiger partial charge is 0.410 e. The molecule has 1 amide bonds. The van der Waals surface area contributed by atoms with Gasteiger partial charge in [0.15, 0.2) is 28.4 Å². The third-order valence-corrected chi connectivity index (χ3v) is 6.97. The van der Waals surface area contributed by atoms with Crippen LogP contribution in [0.5, 0.6) is 17.2 Å². The first-order valence-electron chi connectivity index (χ1n) is 10.9. The first-order chi connectivity index (χ1) is 17.3. The Bertz CT molecular complexity index is 1480. The molecule has 0 radical (unpaired) electrons. The predicted molar refractivity (Wildman–Crippen MR) is 125 cm³/mol. The SMILES string of the molecule is COc1ccc2nc(NC(=O)c3cc4n(n3)[C@H](C(F)(F)F)C[C@@H](c3ccc5c(c3)OCO5)N4)sc2c1. The molecule has 2 N–H and O–H groups in total. The first kappa shape index (κ1) is 22.5. The molecule has 0 bridgehead atoms. The molecule has 2 aromatic heterocycles. The number of rotatable bonds is 4. The number of carbonyl (C=O) groups is 1. The number of halogens is 3. The number of ether oxygens (including phenoxy) is 3. The molecule has 186 valence electrons. The van der Waals surface area contributed by atoms with Crippen LogP contribution in [-0.4, -0.2) is 40.8 Å². The summed E-state index contributed by atoms with van der Waals surface area (Å²) in [6, 6.07) is 9.03. The van der Waals surface area contributed by atoms with Gasteiger partial charge in [-0.3, -0.25) is 10.1 Å². The summed E-state index contributed by atoms with van der Waals surface area (Å²) in [6.45, 7) is 0.0650. The van der Waals surface area contributed by atoms with Crippen molar-refractivity contribution in [3.05, 3.63) is 53.7 Å². The zero-order chi connectivity index (χ0) is 25.0. The number of hydrogen-bond acceptors (Lipinski definition) is 8. The van der Waals surface area contributed by atoms with Crippen molar-refractivity contribution in [3.8, 4) is 17.2 Å². The van der Waals surface area contributed by atoms with Crippen molar-refractivity contribution in [2.75, 3.05) is 24.5 Å². The van der Waals surface area contributed by atoms with Crippen LogP contribution >= 0.6 is 11.3 Å². The second-order valence-electron chi connectivity index (χ2n) is 8.27. The van der Waals surface area contributed by atoms with Crippen molar-refractivity contribution in [2.24, 2.45) is 0 Å². The maximum Gasteiger partial charge on any atom is 0.410 e. The van der Waals surface area contributed by atoms with Gasteiger partial charge in [-0.05, 0) is 35.9 Å². The fraction of sp³-hybridized carbons (Fsp3) is 0.261. The van der Waals surface area contributed by atoms with Crippen LogP contribution in [0.1, 0.15) is 34.6 Å².